The SMILES string of the molecule is CCCCOc1ccc(-c2ccc(OCC3CCCCC3)cc2)cc1. The maximum absolute atomic E-state index is 5.99. The Morgan fingerprint density at radius 3 is 1.88 bits per heavy atom. The minimum absolute atomic E-state index is 0.744. The highest BCUT2D eigenvalue weighted by Crippen LogP contribution is 2.27. The van der Waals surface area contributed by atoms with Crippen molar-refractivity contribution in [1.29, 1.82) is 0 Å². The molecule has 0 aromatic heterocycles. The van der Waals surface area contributed by atoms with E-state index in [2.05, 4.69) is 55.5 Å². The highest BCUT2D eigenvalue weighted by atomic mass is 16.5. The summed E-state index contributed by atoms with van der Waals surface area (Å²) in [6.07, 6.45) is 9.04. The monoisotopic (exact) mass is 338 g/mol. The Hall–Kier alpha value is -1.96. The van der Waals surface area contributed by atoms with Gasteiger partial charge in [-0.3, -0.25) is 0 Å². The van der Waals surface area contributed by atoms with Gasteiger partial charge >= 0.3 is 0 Å². The molecular weight excluding hydrogens is 308 g/mol. The van der Waals surface area contributed by atoms with E-state index in [-0.39, 0.29) is 0 Å². The van der Waals surface area contributed by atoms with Crippen LogP contribution in [0.3, 0.4) is 0 Å². The van der Waals surface area contributed by atoms with Gasteiger partial charge in [-0.1, -0.05) is 56.9 Å². The third-order valence-electron chi connectivity index (χ3n) is 5.02. The van der Waals surface area contributed by atoms with E-state index >= 15 is 0 Å². The molecule has 2 aromatic carbocycles. The van der Waals surface area contributed by atoms with Crippen molar-refractivity contribution in [3.05, 3.63) is 48.5 Å². The van der Waals surface area contributed by atoms with Gasteiger partial charge in [-0.15, -0.1) is 0 Å². The van der Waals surface area contributed by atoms with Gasteiger partial charge in [0.05, 0.1) is 13.2 Å². The fourth-order valence-corrected chi connectivity index (χ4v) is 3.39. The summed E-state index contributed by atoms with van der Waals surface area (Å²) in [5.74, 6) is 2.67. The Labute approximate surface area is 152 Å². The second-order valence-corrected chi connectivity index (χ2v) is 7.07. The normalized spacial score (nSPS) is 15.1. The summed E-state index contributed by atoms with van der Waals surface area (Å²) in [7, 11) is 0. The van der Waals surface area contributed by atoms with Gasteiger partial charge in [-0.05, 0) is 60.6 Å². The number of hydrogen-bond donors (Lipinski definition) is 0. The van der Waals surface area contributed by atoms with Crippen LogP contribution in [0.2, 0.25) is 0 Å². The van der Waals surface area contributed by atoms with E-state index < -0.39 is 0 Å². The Bertz CT molecular complexity index is 610. The molecule has 1 saturated carbocycles. The molecule has 1 aliphatic carbocycles. The standard InChI is InChI=1S/C23H30O2/c1-2-3-17-24-22-13-9-20(10-14-22)21-11-15-23(16-12-21)25-18-19-7-5-4-6-8-19/h9-16,19H,2-8,17-18H2,1H3. The molecule has 1 aliphatic rings. The van der Waals surface area contributed by atoms with Gasteiger partial charge in [-0.25, -0.2) is 0 Å². The molecule has 0 atom stereocenters. The topological polar surface area (TPSA) is 18.5 Å². The van der Waals surface area contributed by atoms with E-state index in [4.69, 9.17) is 9.47 Å². The zero-order valence-corrected chi connectivity index (χ0v) is 15.4. The van der Waals surface area contributed by atoms with Gasteiger partial charge in [0.25, 0.3) is 0 Å². The van der Waals surface area contributed by atoms with Gasteiger partial charge in [0.2, 0.25) is 0 Å². The first-order chi connectivity index (χ1) is 12.3. The molecule has 1 fully saturated rings. The lowest BCUT2D eigenvalue weighted by Crippen LogP contribution is -2.15. The lowest BCUT2D eigenvalue weighted by Gasteiger charge is -2.21. The van der Waals surface area contributed by atoms with Crippen LogP contribution in [0.1, 0.15) is 51.9 Å². The minimum Gasteiger partial charge on any atom is -0.494 e. The Balaban J connectivity index is 1.52. The van der Waals surface area contributed by atoms with E-state index in [1.54, 1.807) is 0 Å². The van der Waals surface area contributed by atoms with Crippen LogP contribution in [0, 0.1) is 5.92 Å². The first-order valence-electron chi connectivity index (χ1n) is 9.81. The second kappa shape index (κ2) is 9.50. The summed E-state index contributed by atoms with van der Waals surface area (Å²) in [5.41, 5.74) is 2.42. The predicted octanol–water partition coefficient (Wildman–Crippen LogP) is 6.49. The van der Waals surface area contributed by atoms with Crippen molar-refractivity contribution >= 4 is 0 Å². The van der Waals surface area contributed by atoms with Crippen molar-refractivity contribution < 1.29 is 9.47 Å². The molecule has 134 valence electrons. The molecule has 0 spiro atoms. The largest absolute Gasteiger partial charge is 0.494 e. The number of benzene rings is 2. The van der Waals surface area contributed by atoms with Crippen molar-refractivity contribution in [3.8, 4) is 22.6 Å². The molecule has 2 aromatic rings. The Morgan fingerprint density at radius 1 is 0.760 bits per heavy atom. The van der Waals surface area contributed by atoms with Crippen LogP contribution in [-0.2, 0) is 0 Å². The molecule has 0 unspecified atom stereocenters. The third kappa shape index (κ3) is 5.52. The zero-order chi connectivity index (χ0) is 17.3. The molecule has 0 N–H and O–H groups in total. The zero-order valence-electron chi connectivity index (χ0n) is 15.4. The second-order valence-electron chi connectivity index (χ2n) is 7.07. The molecule has 25 heavy (non-hydrogen) atoms. The van der Waals surface area contributed by atoms with Crippen molar-refractivity contribution in [2.24, 2.45) is 5.92 Å². The van der Waals surface area contributed by atoms with Crippen LogP contribution >= 0.6 is 0 Å². The van der Waals surface area contributed by atoms with E-state index in [1.807, 2.05) is 0 Å². The highest BCUT2D eigenvalue weighted by molar-refractivity contribution is 5.64. The van der Waals surface area contributed by atoms with Gasteiger partial charge in [0.15, 0.2) is 0 Å². The fraction of sp³-hybridized carbons (Fsp3) is 0.478. The van der Waals surface area contributed by atoms with Crippen LogP contribution in [0.5, 0.6) is 11.5 Å². The maximum atomic E-state index is 5.99. The summed E-state index contributed by atoms with van der Waals surface area (Å²) >= 11 is 0. The molecular formula is C23H30O2. The van der Waals surface area contributed by atoms with Crippen LogP contribution in [0.15, 0.2) is 48.5 Å². The fourth-order valence-electron chi connectivity index (χ4n) is 3.39. The van der Waals surface area contributed by atoms with Gasteiger partial charge in [-0.2, -0.15) is 0 Å². The Kier molecular flexibility index (Phi) is 6.79. The lowest BCUT2D eigenvalue weighted by molar-refractivity contribution is 0.209. The molecule has 0 aliphatic heterocycles. The number of rotatable bonds is 8. The van der Waals surface area contributed by atoms with E-state index in [9.17, 15) is 0 Å². The molecule has 0 saturated heterocycles. The third-order valence-corrected chi connectivity index (χ3v) is 5.02. The molecule has 2 heteroatoms. The van der Waals surface area contributed by atoms with Crippen LogP contribution in [0.25, 0.3) is 11.1 Å². The van der Waals surface area contributed by atoms with Crippen LogP contribution in [-0.4, -0.2) is 13.2 Å². The summed E-state index contributed by atoms with van der Waals surface area (Å²) in [4.78, 5) is 0. The summed E-state index contributed by atoms with van der Waals surface area (Å²) in [6.45, 7) is 3.83. The average molecular weight is 338 g/mol. The predicted molar refractivity (Wildman–Crippen MR) is 104 cm³/mol. The molecule has 3 rings (SSSR count). The number of unbranched alkanes of at least 4 members (excludes halogenated alkanes) is 1. The number of hydrogen-bond acceptors (Lipinski definition) is 2. The lowest BCUT2D eigenvalue weighted by atomic mass is 9.90. The minimum atomic E-state index is 0.744. The molecule has 0 amide bonds. The average Bonchev–Trinajstić information content (AvgIpc) is 2.68. The molecule has 0 radical (unpaired) electrons. The van der Waals surface area contributed by atoms with Gasteiger partial charge in [0.1, 0.15) is 11.5 Å². The first-order valence-corrected chi connectivity index (χ1v) is 9.81. The van der Waals surface area contributed by atoms with Gasteiger partial charge < -0.3 is 9.47 Å². The van der Waals surface area contributed by atoms with Crippen molar-refractivity contribution in [1.82, 2.24) is 0 Å². The van der Waals surface area contributed by atoms with Crippen molar-refractivity contribution in [2.75, 3.05) is 13.2 Å². The molecule has 2 nitrogen and oxygen atoms in total. The molecule has 0 heterocycles. The van der Waals surface area contributed by atoms with Gasteiger partial charge in [0, 0.05) is 0 Å². The highest BCUT2D eigenvalue weighted by Gasteiger charge is 2.13. The van der Waals surface area contributed by atoms with Crippen molar-refractivity contribution in [3.63, 3.8) is 0 Å². The van der Waals surface area contributed by atoms with E-state index in [0.717, 1.165) is 43.5 Å². The van der Waals surface area contributed by atoms with Crippen LogP contribution < -0.4 is 9.47 Å². The van der Waals surface area contributed by atoms with Crippen molar-refractivity contribution in [2.45, 2.75) is 51.9 Å². The smallest absolute Gasteiger partial charge is 0.119 e. The van der Waals surface area contributed by atoms with Crippen LogP contribution in [0.4, 0.5) is 0 Å². The summed E-state index contributed by atoms with van der Waals surface area (Å²) in [6, 6.07) is 16.8. The summed E-state index contributed by atoms with van der Waals surface area (Å²) < 4.78 is 11.7. The molecule has 0 bridgehead atoms. The van der Waals surface area contributed by atoms with E-state index in [1.165, 1.54) is 43.2 Å². The van der Waals surface area contributed by atoms with E-state index in [0.29, 0.717) is 0 Å². The summed E-state index contributed by atoms with van der Waals surface area (Å²) in [5, 5.41) is 0. The Morgan fingerprint density at radius 2 is 1.32 bits per heavy atom. The maximum Gasteiger partial charge on any atom is 0.119 e. The number of ether oxygens (including phenoxy) is 2. The quantitative estimate of drug-likeness (QED) is 0.512. The first kappa shape index (κ1) is 17.8.